The quantitative estimate of drug-likeness (QED) is 0.515. The van der Waals surface area contributed by atoms with Gasteiger partial charge in [-0.2, -0.15) is 0 Å². The molecule has 1 aromatic carbocycles. The third-order valence-corrected chi connectivity index (χ3v) is 4.90. The van der Waals surface area contributed by atoms with Crippen molar-refractivity contribution in [3.05, 3.63) is 51.6 Å². The van der Waals surface area contributed by atoms with Gasteiger partial charge in [0.05, 0.1) is 12.2 Å². The van der Waals surface area contributed by atoms with Crippen LogP contribution in [-0.2, 0) is 17.9 Å². The lowest BCUT2D eigenvalue weighted by Crippen LogP contribution is -2.39. The Kier molecular flexibility index (Phi) is 7.84. The summed E-state index contributed by atoms with van der Waals surface area (Å²) in [5.41, 5.74) is 1.96. The molecule has 1 aromatic heterocycles. The second kappa shape index (κ2) is 10.1. The number of aliphatic imine (C=N–C) groups is 1. The molecule has 8 heteroatoms. The molecule has 0 spiro atoms. The number of amides is 1. The number of carbonyl (C=O) groups is 1. The number of halogens is 1. The van der Waals surface area contributed by atoms with Crippen LogP contribution in [0.15, 0.2) is 38.1 Å². The van der Waals surface area contributed by atoms with Crippen LogP contribution < -0.4 is 10.6 Å². The molecule has 0 aliphatic rings. The highest BCUT2D eigenvalue weighted by molar-refractivity contribution is 9.10. The van der Waals surface area contributed by atoms with Crippen LogP contribution >= 0.6 is 15.9 Å². The van der Waals surface area contributed by atoms with Crippen molar-refractivity contribution in [3.63, 3.8) is 0 Å². The second-order valence-corrected chi connectivity index (χ2v) is 7.05. The van der Waals surface area contributed by atoms with Crippen LogP contribution in [0.2, 0.25) is 0 Å². The SMILES string of the molecule is CN=C(NCCC(=O)N(C)Cc1ccccc1Br)NCc1nc(C)c(C)o1. The maximum Gasteiger partial charge on any atom is 0.224 e. The van der Waals surface area contributed by atoms with Gasteiger partial charge in [-0.15, -0.1) is 0 Å². The number of oxazole rings is 1. The number of rotatable bonds is 7. The molecule has 2 aromatic rings. The first-order valence-electron chi connectivity index (χ1n) is 8.75. The summed E-state index contributed by atoms with van der Waals surface area (Å²) in [7, 11) is 3.49. The van der Waals surface area contributed by atoms with Gasteiger partial charge in [0.25, 0.3) is 0 Å². The first kappa shape index (κ1) is 21.0. The third kappa shape index (κ3) is 6.39. The summed E-state index contributed by atoms with van der Waals surface area (Å²) < 4.78 is 6.53. The molecule has 7 nitrogen and oxygen atoms in total. The number of nitrogens with one attached hydrogen (secondary N) is 2. The second-order valence-electron chi connectivity index (χ2n) is 6.19. The van der Waals surface area contributed by atoms with Crippen molar-refractivity contribution in [2.24, 2.45) is 4.99 Å². The van der Waals surface area contributed by atoms with E-state index in [-0.39, 0.29) is 5.91 Å². The zero-order chi connectivity index (χ0) is 19.8. The minimum atomic E-state index is 0.0626. The Bertz CT molecular complexity index is 784. The van der Waals surface area contributed by atoms with E-state index in [0.717, 1.165) is 21.5 Å². The van der Waals surface area contributed by atoms with Crippen LogP contribution in [0.4, 0.5) is 0 Å². The molecule has 2 rings (SSSR count). The molecule has 0 bridgehead atoms. The van der Waals surface area contributed by atoms with Crippen LogP contribution in [0.3, 0.4) is 0 Å². The monoisotopic (exact) mass is 435 g/mol. The molecule has 0 unspecified atom stereocenters. The van der Waals surface area contributed by atoms with Crippen LogP contribution in [0.25, 0.3) is 0 Å². The van der Waals surface area contributed by atoms with Gasteiger partial charge in [0.2, 0.25) is 11.8 Å². The van der Waals surface area contributed by atoms with Gasteiger partial charge < -0.3 is 20.0 Å². The van der Waals surface area contributed by atoms with Crippen LogP contribution in [-0.4, -0.2) is 42.4 Å². The van der Waals surface area contributed by atoms with E-state index in [1.54, 1.807) is 11.9 Å². The van der Waals surface area contributed by atoms with Crippen LogP contribution in [0.5, 0.6) is 0 Å². The highest BCUT2D eigenvalue weighted by Crippen LogP contribution is 2.17. The minimum Gasteiger partial charge on any atom is -0.444 e. The fourth-order valence-electron chi connectivity index (χ4n) is 2.44. The number of carbonyl (C=O) groups excluding carboxylic acids is 1. The van der Waals surface area contributed by atoms with E-state index in [1.807, 2.05) is 45.2 Å². The predicted octanol–water partition coefficient (Wildman–Crippen LogP) is 2.77. The molecule has 1 amide bonds. The van der Waals surface area contributed by atoms with Crippen LogP contribution in [0, 0.1) is 13.8 Å². The lowest BCUT2D eigenvalue weighted by atomic mass is 10.2. The summed E-state index contributed by atoms with van der Waals surface area (Å²) in [6.45, 7) is 5.28. The molecular weight excluding hydrogens is 410 g/mol. The van der Waals surface area contributed by atoms with Crippen molar-refractivity contribution in [1.82, 2.24) is 20.5 Å². The van der Waals surface area contributed by atoms with Gasteiger partial charge >= 0.3 is 0 Å². The van der Waals surface area contributed by atoms with E-state index < -0.39 is 0 Å². The third-order valence-electron chi connectivity index (χ3n) is 4.13. The average Bonchev–Trinajstić information content (AvgIpc) is 2.97. The Hall–Kier alpha value is -2.35. The molecule has 1 heterocycles. The van der Waals surface area contributed by atoms with Gasteiger partial charge in [0.15, 0.2) is 5.96 Å². The Balaban J connectivity index is 1.74. The Labute approximate surface area is 168 Å². The van der Waals surface area contributed by atoms with E-state index in [2.05, 4.69) is 36.5 Å². The van der Waals surface area contributed by atoms with Gasteiger partial charge in [-0.05, 0) is 25.5 Å². The van der Waals surface area contributed by atoms with Crippen molar-refractivity contribution in [3.8, 4) is 0 Å². The lowest BCUT2D eigenvalue weighted by Gasteiger charge is -2.18. The van der Waals surface area contributed by atoms with Gasteiger partial charge in [-0.3, -0.25) is 9.79 Å². The maximum atomic E-state index is 12.3. The number of benzene rings is 1. The topological polar surface area (TPSA) is 82.8 Å². The number of aryl methyl sites for hydroxylation is 2. The number of guanidine groups is 1. The Morgan fingerprint density at radius 2 is 2.04 bits per heavy atom. The summed E-state index contributed by atoms with van der Waals surface area (Å²) in [4.78, 5) is 22.5. The highest BCUT2D eigenvalue weighted by atomic mass is 79.9. The molecule has 0 aliphatic heterocycles. The fraction of sp³-hybridized carbons (Fsp3) is 0.421. The summed E-state index contributed by atoms with van der Waals surface area (Å²) in [6.07, 6.45) is 0.374. The number of hydrogen-bond donors (Lipinski definition) is 2. The van der Waals surface area contributed by atoms with E-state index in [1.165, 1.54) is 0 Å². The van der Waals surface area contributed by atoms with Gasteiger partial charge in [0.1, 0.15) is 5.76 Å². The van der Waals surface area contributed by atoms with Crippen molar-refractivity contribution in [2.75, 3.05) is 20.6 Å². The molecule has 0 radical (unpaired) electrons. The van der Waals surface area contributed by atoms with E-state index in [0.29, 0.717) is 37.9 Å². The molecule has 0 aliphatic carbocycles. The molecule has 27 heavy (non-hydrogen) atoms. The van der Waals surface area contributed by atoms with Crippen LogP contribution in [0.1, 0.15) is 29.3 Å². The predicted molar refractivity (Wildman–Crippen MR) is 109 cm³/mol. The number of hydrogen-bond acceptors (Lipinski definition) is 4. The van der Waals surface area contributed by atoms with Gasteiger partial charge in [0, 0.05) is 38.1 Å². The molecule has 0 saturated heterocycles. The fourth-order valence-corrected chi connectivity index (χ4v) is 2.85. The lowest BCUT2D eigenvalue weighted by molar-refractivity contribution is -0.130. The van der Waals surface area contributed by atoms with Crippen molar-refractivity contribution < 1.29 is 9.21 Å². The van der Waals surface area contributed by atoms with Crippen molar-refractivity contribution >= 4 is 27.8 Å². The zero-order valence-corrected chi connectivity index (χ0v) is 17.8. The molecule has 2 N–H and O–H groups in total. The standard InChI is InChI=1S/C19H26BrN5O2/c1-13-14(2)27-17(24-13)11-23-19(21-3)22-10-9-18(26)25(4)12-15-7-5-6-8-16(15)20/h5-8H,9-12H2,1-4H3,(H2,21,22,23). The largest absolute Gasteiger partial charge is 0.444 e. The smallest absolute Gasteiger partial charge is 0.224 e. The summed E-state index contributed by atoms with van der Waals surface area (Å²) in [5, 5.41) is 6.26. The zero-order valence-electron chi connectivity index (χ0n) is 16.2. The highest BCUT2D eigenvalue weighted by Gasteiger charge is 2.11. The normalized spacial score (nSPS) is 11.4. The van der Waals surface area contributed by atoms with E-state index in [4.69, 9.17) is 4.42 Å². The summed E-state index contributed by atoms with van der Waals surface area (Å²) in [6, 6.07) is 7.90. The number of nitrogens with zero attached hydrogens (tertiary/aromatic N) is 3. The minimum absolute atomic E-state index is 0.0626. The first-order valence-corrected chi connectivity index (χ1v) is 9.54. The maximum absolute atomic E-state index is 12.3. The molecule has 0 atom stereocenters. The summed E-state index contributed by atoms with van der Waals surface area (Å²) in [5.74, 6) is 2.09. The van der Waals surface area contributed by atoms with Gasteiger partial charge in [-0.1, -0.05) is 34.1 Å². The molecule has 0 fully saturated rings. The number of aromatic nitrogens is 1. The van der Waals surface area contributed by atoms with Gasteiger partial charge in [-0.25, -0.2) is 4.98 Å². The van der Waals surface area contributed by atoms with Crippen molar-refractivity contribution in [1.29, 1.82) is 0 Å². The van der Waals surface area contributed by atoms with Crippen molar-refractivity contribution in [2.45, 2.75) is 33.4 Å². The molecular formula is C19H26BrN5O2. The first-order chi connectivity index (χ1) is 12.9. The van der Waals surface area contributed by atoms with E-state index >= 15 is 0 Å². The summed E-state index contributed by atoms with van der Waals surface area (Å²) >= 11 is 3.51. The Morgan fingerprint density at radius 1 is 1.30 bits per heavy atom. The molecule has 146 valence electrons. The van der Waals surface area contributed by atoms with E-state index in [9.17, 15) is 4.79 Å². The average molecular weight is 436 g/mol. The molecule has 0 saturated carbocycles. The Morgan fingerprint density at radius 3 is 2.67 bits per heavy atom.